The Morgan fingerprint density at radius 3 is 2.25 bits per heavy atom. The molecule has 2 aromatic rings. The van der Waals surface area contributed by atoms with E-state index in [0.29, 0.717) is 12.1 Å². The highest BCUT2D eigenvalue weighted by atomic mass is 35.5. The molecule has 5 nitrogen and oxygen atoms in total. The van der Waals surface area contributed by atoms with Crippen molar-refractivity contribution in [3.63, 3.8) is 0 Å². The number of rotatable bonds is 6. The summed E-state index contributed by atoms with van der Waals surface area (Å²) in [6.07, 6.45) is 1.67. The quantitative estimate of drug-likeness (QED) is 0.840. The summed E-state index contributed by atoms with van der Waals surface area (Å²) in [6.45, 7) is 8.54. The molecular formula is C18H27ClN4O. The fourth-order valence-corrected chi connectivity index (χ4v) is 2.50. The van der Waals surface area contributed by atoms with E-state index in [1.54, 1.807) is 0 Å². The maximum absolute atomic E-state index is 12.3. The van der Waals surface area contributed by atoms with Gasteiger partial charge in [-0.3, -0.25) is 4.79 Å². The minimum atomic E-state index is -0.334. The van der Waals surface area contributed by atoms with Crippen LogP contribution in [0.5, 0.6) is 0 Å². The van der Waals surface area contributed by atoms with Gasteiger partial charge in [-0.1, -0.05) is 13.8 Å². The number of amides is 1. The van der Waals surface area contributed by atoms with Crippen molar-refractivity contribution < 1.29 is 4.79 Å². The van der Waals surface area contributed by atoms with Crippen molar-refractivity contribution in [1.82, 2.24) is 15.1 Å². The van der Waals surface area contributed by atoms with Crippen molar-refractivity contribution in [1.29, 1.82) is 0 Å². The summed E-state index contributed by atoms with van der Waals surface area (Å²) >= 11 is 0. The van der Waals surface area contributed by atoms with Crippen LogP contribution in [0.3, 0.4) is 0 Å². The molecule has 0 aliphatic heterocycles. The second-order valence-electron chi connectivity index (χ2n) is 6.14. The molecule has 0 unspecified atom stereocenters. The SMILES string of the molecule is CCC(N)(CC)CNC(=O)c1ccc(-n2nc(C)cc2C)cc1.Cl. The highest BCUT2D eigenvalue weighted by molar-refractivity contribution is 5.94. The average Bonchev–Trinajstić information content (AvgIpc) is 2.91. The fraction of sp³-hybridized carbons (Fsp3) is 0.444. The molecule has 0 radical (unpaired) electrons. The number of aromatic nitrogens is 2. The first-order chi connectivity index (χ1) is 10.9. The predicted molar refractivity (Wildman–Crippen MR) is 100 cm³/mol. The Labute approximate surface area is 150 Å². The first kappa shape index (κ1) is 20.2. The van der Waals surface area contributed by atoms with Crippen LogP contribution in [-0.2, 0) is 0 Å². The summed E-state index contributed by atoms with van der Waals surface area (Å²) in [5, 5.41) is 7.38. The van der Waals surface area contributed by atoms with E-state index in [0.717, 1.165) is 29.9 Å². The third-order valence-corrected chi connectivity index (χ3v) is 4.39. The zero-order chi connectivity index (χ0) is 17.0. The standard InChI is InChI=1S/C18H26N4O.ClH/c1-5-18(19,6-2)12-20-17(23)15-7-9-16(10-8-15)22-14(4)11-13(3)21-22;/h7-11H,5-6,12,19H2,1-4H3,(H,20,23);1H. The van der Waals surface area contributed by atoms with Gasteiger partial charge in [-0.25, -0.2) is 4.68 Å². The number of carbonyl (C=O) groups excluding carboxylic acids is 1. The van der Waals surface area contributed by atoms with Gasteiger partial charge < -0.3 is 11.1 Å². The van der Waals surface area contributed by atoms with Crippen LogP contribution in [0.25, 0.3) is 5.69 Å². The maximum Gasteiger partial charge on any atom is 0.251 e. The molecule has 3 N–H and O–H groups in total. The lowest BCUT2D eigenvalue weighted by atomic mass is 9.94. The van der Waals surface area contributed by atoms with E-state index in [4.69, 9.17) is 5.73 Å². The number of nitrogens with two attached hydrogens (primary N) is 1. The van der Waals surface area contributed by atoms with E-state index in [9.17, 15) is 4.79 Å². The summed E-state index contributed by atoms with van der Waals surface area (Å²) < 4.78 is 1.87. The van der Waals surface area contributed by atoms with E-state index < -0.39 is 0 Å². The molecule has 1 heterocycles. The van der Waals surface area contributed by atoms with Crippen molar-refractivity contribution >= 4 is 18.3 Å². The lowest BCUT2D eigenvalue weighted by Gasteiger charge is -2.26. The monoisotopic (exact) mass is 350 g/mol. The van der Waals surface area contributed by atoms with Gasteiger partial charge in [-0.2, -0.15) is 5.10 Å². The van der Waals surface area contributed by atoms with Crippen molar-refractivity contribution in [2.75, 3.05) is 6.54 Å². The molecular weight excluding hydrogens is 324 g/mol. The first-order valence-corrected chi connectivity index (χ1v) is 8.09. The Morgan fingerprint density at radius 2 is 1.79 bits per heavy atom. The molecule has 0 saturated carbocycles. The number of hydrogen-bond donors (Lipinski definition) is 2. The number of aryl methyl sites for hydroxylation is 2. The summed E-state index contributed by atoms with van der Waals surface area (Å²) in [5.74, 6) is -0.0957. The van der Waals surface area contributed by atoms with E-state index >= 15 is 0 Å². The number of halogens is 1. The van der Waals surface area contributed by atoms with Gasteiger partial charge in [-0.15, -0.1) is 12.4 Å². The van der Waals surface area contributed by atoms with Gasteiger partial charge in [0.25, 0.3) is 5.91 Å². The lowest BCUT2D eigenvalue weighted by molar-refractivity contribution is 0.0942. The highest BCUT2D eigenvalue weighted by Gasteiger charge is 2.21. The highest BCUT2D eigenvalue weighted by Crippen LogP contribution is 2.14. The first-order valence-electron chi connectivity index (χ1n) is 8.09. The van der Waals surface area contributed by atoms with E-state index in [2.05, 4.69) is 10.4 Å². The summed E-state index contributed by atoms with van der Waals surface area (Å²) in [6, 6.07) is 9.47. The number of benzene rings is 1. The topological polar surface area (TPSA) is 72.9 Å². The number of nitrogens with one attached hydrogen (secondary N) is 1. The molecule has 1 amide bonds. The van der Waals surface area contributed by atoms with Crippen LogP contribution < -0.4 is 11.1 Å². The van der Waals surface area contributed by atoms with Crippen LogP contribution in [0.15, 0.2) is 30.3 Å². The summed E-state index contributed by atoms with van der Waals surface area (Å²) in [7, 11) is 0. The number of carbonyl (C=O) groups is 1. The number of hydrogen-bond acceptors (Lipinski definition) is 3. The smallest absolute Gasteiger partial charge is 0.251 e. The Morgan fingerprint density at radius 1 is 1.21 bits per heavy atom. The van der Waals surface area contributed by atoms with Crippen molar-refractivity contribution in [2.45, 2.75) is 46.1 Å². The Balaban J connectivity index is 0.00000288. The van der Waals surface area contributed by atoms with Gasteiger partial charge in [-0.05, 0) is 57.0 Å². The van der Waals surface area contributed by atoms with Crippen molar-refractivity contribution in [3.05, 3.63) is 47.3 Å². The second kappa shape index (κ2) is 8.31. The molecule has 6 heteroatoms. The van der Waals surface area contributed by atoms with Gasteiger partial charge >= 0.3 is 0 Å². The summed E-state index contributed by atoms with van der Waals surface area (Å²) in [5.41, 5.74) is 9.50. The molecule has 0 aliphatic carbocycles. The number of nitrogens with zero attached hydrogens (tertiary/aromatic N) is 2. The van der Waals surface area contributed by atoms with Crippen molar-refractivity contribution in [3.8, 4) is 5.69 Å². The zero-order valence-electron chi connectivity index (χ0n) is 14.8. The molecule has 24 heavy (non-hydrogen) atoms. The molecule has 2 rings (SSSR count). The maximum atomic E-state index is 12.3. The second-order valence-corrected chi connectivity index (χ2v) is 6.14. The zero-order valence-corrected chi connectivity index (χ0v) is 15.6. The van der Waals surface area contributed by atoms with Gasteiger partial charge in [0.15, 0.2) is 0 Å². The molecule has 0 saturated heterocycles. The predicted octanol–water partition coefficient (Wildman–Crippen LogP) is 3.16. The van der Waals surface area contributed by atoms with Crippen LogP contribution in [0.4, 0.5) is 0 Å². The van der Waals surface area contributed by atoms with Crippen LogP contribution in [-0.4, -0.2) is 27.8 Å². The Kier molecular flexibility index (Phi) is 6.99. The third-order valence-electron chi connectivity index (χ3n) is 4.39. The summed E-state index contributed by atoms with van der Waals surface area (Å²) in [4.78, 5) is 12.3. The minimum Gasteiger partial charge on any atom is -0.350 e. The molecule has 0 fully saturated rings. The minimum absolute atomic E-state index is 0. The van der Waals surface area contributed by atoms with Crippen LogP contribution in [0.2, 0.25) is 0 Å². The molecule has 0 spiro atoms. The molecule has 1 aromatic heterocycles. The molecule has 0 aliphatic rings. The van der Waals surface area contributed by atoms with Gasteiger partial charge in [0.1, 0.15) is 0 Å². The van der Waals surface area contributed by atoms with E-state index in [1.165, 1.54) is 0 Å². The Bertz CT molecular complexity index is 675. The Hall–Kier alpha value is -1.85. The van der Waals surface area contributed by atoms with Crippen LogP contribution >= 0.6 is 12.4 Å². The fourth-order valence-electron chi connectivity index (χ4n) is 2.50. The van der Waals surface area contributed by atoms with Gasteiger partial charge in [0, 0.05) is 23.3 Å². The largest absolute Gasteiger partial charge is 0.350 e. The average molecular weight is 351 g/mol. The van der Waals surface area contributed by atoms with E-state index in [-0.39, 0.29) is 23.9 Å². The molecule has 1 aromatic carbocycles. The molecule has 132 valence electrons. The van der Waals surface area contributed by atoms with Crippen LogP contribution in [0, 0.1) is 13.8 Å². The molecule has 0 bridgehead atoms. The normalized spacial score (nSPS) is 11.0. The lowest BCUT2D eigenvalue weighted by Crippen LogP contribution is -2.49. The van der Waals surface area contributed by atoms with Crippen molar-refractivity contribution in [2.24, 2.45) is 5.73 Å². The third kappa shape index (κ3) is 4.58. The molecule has 0 atom stereocenters. The van der Waals surface area contributed by atoms with Gasteiger partial charge in [0.05, 0.1) is 11.4 Å². The van der Waals surface area contributed by atoms with Gasteiger partial charge in [0.2, 0.25) is 0 Å². The van der Waals surface area contributed by atoms with E-state index in [1.807, 2.05) is 62.7 Å². The van der Waals surface area contributed by atoms with Crippen LogP contribution in [0.1, 0.15) is 48.4 Å².